The molecule has 2 unspecified atom stereocenters. The molecule has 0 aromatic heterocycles. The molecule has 0 N–H and O–H groups in total. The monoisotopic (exact) mass is 216 g/mol. The van der Waals surface area contributed by atoms with Crippen molar-refractivity contribution in [1.82, 2.24) is 0 Å². The average molecular weight is 216 g/mol. The quantitative estimate of drug-likeness (QED) is 0.540. The molecular formula is C16H24. The fourth-order valence-electron chi connectivity index (χ4n) is 1.73. The van der Waals surface area contributed by atoms with Crippen LogP contribution in [0.1, 0.15) is 37.8 Å². The molecular weight excluding hydrogens is 192 g/mol. The summed E-state index contributed by atoms with van der Waals surface area (Å²) in [6, 6.07) is 8.48. The molecule has 88 valence electrons. The van der Waals surface area contributed by atoms with Crippen molar-refractivity contribution in [2.75, 3.05) is 0 Å². The Labute approximate surface area is 100 Å². The second-order valence-corrected chi connectivity index (χ2v) is 5.07. The highest BCUT2D eigenvalue weighted by atomic mass is 14.1. The van der Waals surface area contributed by atoms with E-state index in [9.17, 15) is 0 Å². The molecule has 16 heavy (non-hydrogen) atoms. The van der Waals surface area contributed by atoms with E-state index in [1.165, 1.54) is 24.0 Å². The van der Waals surface area contributed by atoms with Crippen LogP contribution in [0.4, 0.5) is 0 Å². The normalized spacial score (nSPS) is 23.5. The summed E-state index contributed by atoms with van der Waals surface area (Å²) in [5, 5.41) is 0. The van der Waals surface area contributed by atoms with Crippen molar-refractivity contribution in [3.63, 3.8) is 0 Å². The maximum atomic E-state index is 2.33. The Hall–Kier alpha value is -1.04. The number of aryl methyl sites for hydroxylation is 2. The zero-order valence-electron chi connectivity index (χ0n) is 11.0. The van der Waals surface area contributed by atoms with E-state index < -0.39 is 0 Å². The van der Waals surface area contributed by atoms with Crippen LogP contribution in [0.25, 0.3) is 0 Å². The van der Waals surface area contributed by atoms with Crippen molar-refractivity contribution >= 4 is 0 Å². The molecule has 1 aliphatic rings. The molecule has 0 aliphatic heterocycles. The van der Waals surface area contributed by atoms with Gasteiger partial charge in [0.25, 0.3) is 0 Å². The van der Waals surface area contributed by atoms with Gasteiger partial charge in [-0.15, -0.1) is 0 Å². The van der Waals surface area contributed by atoms with E-state index in [2.05, 4.69) is 64.1 Å². The predicted molar refractivity (Wildman–Crippen MR) is 72.6 cm³/mol. The molecule has 2 atom stereocenters. The first kappa shape index (κ1) is 13.0. The lowest BCUT2D eigenvalue weighted by molar-refractivity contribution is 0.502. The van der Waals surface area contributed by atoms with Gasteiger partial charge >= 0.3 is 0 Å². The summed E-state index contributed by atoms with van der Waals surface area (Å²) >= 11 is 0. The lowest BCUT2D eigenvalue weighted by atomic mass is 9.91. The average Bonchev–Trinajstić information content (AvgIpc) is 2.28. The SMILES string of the molecule is CC1C=CC(C)CC1.Cc1ccc(C)cc1. The second kappa shape index (κ2) is 6.52. The molecule has 0 radical (unpaired) electrons. The molecule has 0 nitrogen and oxygen atoms in total. The van der Waals surface area contributed by atoms with Crippen molar-refractivity contribution in [3.8, 4) is 0 Å². The van der Waals surface area contributed by atoms with Crippen molar-refractivity contribution < 1.29 is 0 Å². The van der Waals surface area contributed by atoms with Gasteiger partial charge in [0.2, 0.25) is 0 Å². The van der Waals surface area contributed by atoms with Gasteiger partial charge in [0, 0.05) is 0 Å². The van der Waals surface area contributed by atoms with Gasteiger partial charge < -0.3 is 0 Å². The summed E-state index contributed by atoms with van der Waals surface area (Å²) in [7, 11) is 0. The third-order valence-electron chi connectivity index (χ3n) is 3.06. The molecule has 0 spiro atoms. The van der Waals surface area contributed by atoms with Crippen LogP contribution in [0.5, 0.6) is 0 Å². The van der Waals surface area contributed by atoms with Gasteiger partial charge in [-0.05, 0) is 38.5 Å². The lowest BCUT2D eigenvalue weighted by Crippen LogP contribution is -2.01. The standard InChI is InChI=1S/C8H14.C8H10/c2*1-7-3-5-8(2)6-4-7/h3,5,7-8H,4,6H2,1-2H3;3-6H,1-2H3. The molecule has 0 heterocycles. The topological polar surface area (TPSA) is 0 Å². The van der Waals surface area contributed by atoms with Gasteiger partial charge in [0.05, 0.1) is 0 Å². The number of hydrogen-bond acceptors (Lipinski definition) is 0. The molecule has 1 aromatic carbocycles. The highest BCUT2D eigenvalue weighted by Gasteiger charge is 2.06. The molecule has 0 amide bonds. The largest absolute Gasteiger partial charge is 0.0854 e. The van der Waals surface area contributed by atoms with Crippen LogP contribution >= 0.6 is 0 Å². The minimum absolute atomic E-state index is 0.839. The predicted octanol–water partition coefficient (Wildman–Crippen LogP) is 4.91. The maximum absolute atomic E-state index is 2.33. The molecule has 0 saturated carbocycles. The van der Waals surface area contributed by atoms with Gasteiger partial charge in [0.1, 0.15) is 0 Å². The van der Waals surface area contributed by atoms with Crippen LogP contribution < -0.4 is 0 Å². The fourth-order valence-corrected chi connectivity index (χ4v) is 1.73. The van der Waals surface area contributed by atoms with E-state index in [0.717, 1.165) is 11.8 Å². The molecule has 0 heteroatoms. The van der Waals surface area contributed by atoms with Gasteiger partial charge in [-0.2, -0.15) is 0 Å². The van der Waals surface area contributed by atoms with Crippen LogP contribution in [-0.4, -0.2) is 0 Å². The number of benzene rings is 1. The molecule has 1 aromatic rings. The Morgan fingerprint density at radius 3 is 1.31 bits per heavy atom. The summed E-state index contributed by atoms with van der Waals surface area (Å²) in [6.45, 7) is 8.75. The minimum atomic E-state index is 0.839. The highest BCUT2D eigenvalue weighted by Crippen LogP contribution is 2.20. The summed E-state index contributed by atoms with van der Waals surface area (Å²) in [4.78, 5) is 0. The summed E-state index contributed by atoms with van der Waals surface area (Å²) in [5.74, 6) is 1.68. The Bertz CT molecular complexity index is 285. The van der Waals surface area contributed by atoms with E-state index in [-0.39, 0.29) is 0 Å². The van der Waals surface area contributed by atoms with Crippen molar-refractivity contribution in [1.29, 1.82) is 0 Å². The third kappa shape index (κ3) is 5.16. The van der Waals surface area contributed by atoms with Gasteiger partial charge in [-0.3, -0.25) is 0 Å². The maximum Gasteiger partial charge on any atom is -0.0262 e. The lowest BCUT2D eigenvalue weighted by Gasteiger charge is -2.15. The Kier molecular flexibility index (Phi) is 5.31. The first-order valence-electron chi connectivity index (χ1n) is 6.29. The highest BCUT2D eigenvalue weighted by molar-refractivity contribution is 5.19. The van der Waals surface area contributed by atoms with Crippen molar-refractivity contribution in [3.05, 3.63) is 47.5 Å². The van der Waals surface area contributed by atoms with Crippen LogP contribution in [-0.2, 0) is 0 Å². The number of rotatable bonds is 0. The Morgan fingerprint density at radius 1 is 0.750 bits per heavy atom. The Morgan fingerprint density at radius 2 is 1.06 bits per heavy atom. The van der Waals surface area contributed by atoms with E-state index in [0.29, 0.717) is 0 Å². The smallest absolute Gasteiger partial charge is 0.0262 e. The van der Waals surface area contributed by atoms with Gasteiger partial charge in [-0.25, -0.2) is 0 Å². The van der Waals surface area contributed by atoms with E-state index in [4.69, 9.17) is 0 Å². The van der Waals surface area contributed by atoms with Crippen LogP contribution in [0.3, 0.4) is 0 Å². The van der Waals surface area contributed by atoms with Crippen LogP contribution in [0.2, 0.25) is 0 Å². The van der Waals surface area contributed by atoms with Crippen LogP contribution in [0.15, 0.2) is 36.4 Å². The molecule has 0 fully saturated rings. The summed E-state index contributed by atoms with van der Waals surface area (Å²) in [5.41, 5.74) is 2.66. The molecule has 1 aliphatic carbocycles. The zero-order valence-corrected chi connectivity index (χ0v) is 11.0. The molecule has 0 bridgehead atoms. The van der Waals surface area contributed by atoms with Gasteiger partial charge in [-0.1, -0.05) is 61.4 Å². The first-order chi connectivity index (χ1) is 7.58. The molecule has 2 rings (SSSR count). The van der Waals surface area contributed by atoms with E-state index >= 15 is 0 Å². The zero-order chi connectivity index (χ0) is 12.0. The number of allylic oxidation sites excluding steroid dienone is 2. The van der Waals surface area contributed by atoms with E-state index in [1.54, 1.807) is 0 Å². The first-order valence-corrected chi connectivity index (χ1v) is 6.29. The van der Waals surface area contributed by atoms with Crippen molar-refractivity contribution in [2.45, 2.75) is 40.5 Å². The summed E-state index contributed by atoms with van der Waals surface area (Å²) < 4.78 is 0. The molecule has 0 saturated heterocycles. The van der Waals surface area contributed by atoms with Gasteiger partial charge in [0.15, 0.2) is 0 Å². The van der Waals surface area contributed by atoms with E-state index in [1.807, 2.05) is 0 Å². The third-order valence-corrected chi connectivity index (χ3v) is 3.06. The second-order valence-electron chi connectivity index (χ2n) is 5.07. The minimum Gasteiger partial charge on any atom is -0.0854 e. The summed E-state index contributed by atoms with van der Waals surface area (Å²) in [6.07, 6.45) is 7.43. The van der Waals surface area contributed by atoms with Crippen LogP contribution in [0, 0.1) is 25.7 Å². The fraction of sp³-hybridized carbons (Fsp3) is 0.500. The Balaban J connectivity index is 0.000000160. The van der Waals surface area contributed by atoms with Crippen molar-refractivity contribution in [2.24, 2.45) is 11.8 Å². The number of hydrogen-bond donors (Lipinski definition) is 0.